The van der Waals surface area contributed by atoms with Gasteiger partial charge in [0.25, 0.3) is 5.91 Å². The van der Waals surface area contributed by atoms with Crippen LogP contribution < -0.4 is 5.32 Å². The molecular weight excluding hydrogens is 428 g/mol. The van der Waals surface area contributed by atoms with Crippen LogP contribution in [0, 0.1) is 0 Å². The van der Waals surface area contributed by atoms with E-state index in [0.29, 0.717) is 22.9 Å². The summed E-state index contributed by atoms with van der Waals surface area (Å²) < 4.78 is 5.27. The van der Waals surface area contributed by atoms with E-state index in [1.165, 1.54) is 0 Å². The van der Waals surface area contributed by atoms with E-state index in [9.17, 15) is 4.79 Å². The molecule has 3 aromatic carbocycles. The maximum absolute atomic E-state index is 12.6. The highest BCUT2D eigenvalue weighted by atomic mass is 35.5. The van der Waals surface area contributed by atoms with Crippen molar-refractivity contribution in [2.75, 3.05) is 0 Å². The summed E-state index contributed by atoms with van der Waals surface area (Å²) in [6.45, 7) is 0.341. The zero-order valence-electron chi connectivity index (χ0n) is 16.3. The van der Waals surface area contributed by atoms with E-state index in [1.807, 2.05) is 60.8 Å². The first-order valence-corrected chi connectivity index (χ1v) is 10.9. The predicted octanol–water partition coefficient (Wildman–Crippen LogP) is 6.75. The Morgan fingerprint density at radius 1 is 0.968 bits per heavy atom. The largest absolute Gasteiger partial charge is 0.467 e. The van der Waals surface area contributed by atoms with Crippen LogP contribution in [0.25, 0.3) is 11.1 Å². The van der Waals surface area contributed by atoms with Crippen LogP contribution in [0.3, 0.4) is 0 Å². The Hall–Kier alpha value is -3.28. The molecule has 4 nitrogen and oxygen atoms in total. The minimum Gasteiger partial charge on any atom is -0.467 e. The topological polar surface area (TPSA) is 54.6 Å². The number of fused-ring (bicyclic) bond motifs is 2. The van der Waals surface area contributed by atoms with Crippen molar-refractivity contribution in [1.82, 2.24) is 5.32 Å². The molecule has 0 saturated carbocycles. The van der Waals surface area contributed by atoms with Crippen molar-refractivity contribution in [2.24, 2.45) is 4.99 Å². The number of benzene rings is 3. The van der Waals surface area contributed by atoms with Crippen molar-refractivity contribution in [3.05, 3.63) is 101 Å². The second kappa shape index (κ2) is 8.46. The summed E-state index contributed by atoms with van der Waals surface area (Å²) in [5.74, 6) is 0.539. The maximum atomic E-state index is 12.6. The molecule has 0 atom stereocenters. The number of carbonyl (C=O) groups excluding carboxylic acids is 1. The van der Waals surface area contributed by atoms with E-state index in [2.05, 4.69) is 17.4 Å². The van der Waals surface area contributed by atoms with Gasteiger partial charge in [0.1, 0.15) is 5.76 Å². The Labute approximate surface area is 189 Å². The molecule has 1 amide bonds. The van der Waals surface area contributed by atoms with Crippen LogP contribution in [-0.2, 0) is 6.54 Å². The van der Waals surface area contributed by atoms with E-state index in [4.69, 9.17) is 21.0 Å². The third-order valence-electron chi connectivity index (χ3n) is 5.01. The molecule has 0 spiro atoms. The molecule has 1 aliphatic heterocycles. The third-order valence-corrected chi connectivity index (χ3v) is 6.48. The number of carbonyl (C=O) groups is 1. The molecule has 31 heavy (non-hydrogen) atoms. The first-order valence-electron chi connectivity index (χ1n) is 9.73. The van der Waals surface area contributed by atoms with Gasteiger partial charge in [-0.25, -0.2) is 0 Å². The van der Waals surface area contributed by atoms with E-state index in [-0.39, 0.29) is 5.91 Å². The minimum atomic E-state index is -0.169. The van der Waals surface area contributed by atoms with E-state index >= 15 is 0 Å². The Balaban J connectivity index is 1.46. The second-order valence-electron chi connectivity index (χ2n) is 7.00. The van der Waals surface area contributed by atoms with Gasteiger partial charge in [-0.1, -0.05) is 53.7 Å². The molecule has 4 aromatic rings. The van der Waals surface area contributed by atoms with Crippen molar-refractivity contribution in [1.29, 1.82) is 0 Å². The lowest BCUT2D eigenvalue weighted by Gasteiger charge is -2.11. The lowest BCUT2D eigenvalue weighted by molar-refractivity contribution is 0.0948. The number of nitrogens with one attached hydrogen (secondary N) is 1. The lowest BCUT2D eigenvalue weighted by atomic mass is 10.00. The molecule has 1 N–H and O–H groups in total. The van der Waals surface area contributed by atoms with Crippen LogP contribution in [0.1, 0.15) is 21.7 Å². The molecule has 152 valence electrons. The quantitative estimate of drug-likeness (QED) is 0.333. The first kappa shape index (κ1) is 19.7. The summed E-state index contributed by atoms with van der Waals surface area (Å²) in [5, 5.41) is 3.57. The number of hydrogen-bond donors (Lipinski definition) is 1. The van der Waals surface area contributed by atoms with Gasteiger partial charge in [-0.05, 0) is 48.0 Å². The van der Waals surface area contributed by atoms with Gasteiger partial charge < -0.3 is 9.73 Å². The van der Waals surface area contributed by atoms with Crippen LogP contribution >= 0.6 is 23.4 Å². The van der Waals surface area contributed by atoms with E-state index < -0.39 is 0 Å². The molecule has 5 rings (SSSR count). The number of furan rings is 1. The molecule has 0 unspecified atom stereocenters. The monoisotopic (exact) mass is 444 g/mol. The van der Waals surface area contributed by atoms with Crippen molar-refractivity contribution in [3.8, 4) is 11.1 Å². The number of rotatable bonds is 4. The van der Waals surface area contributed by atoms with Gasteiger partial charge in [0.2, 0.25) is 0 Å². The second-order valence-corrected chi connectivity index (χ2v) is 8.49. The molecule has 2 heterocycles. The van der Waals surface area contributed by atoms with Crippen molar-refractivity contribution in [3.63, 3.8) is 0 Å². The number of hydrogen-bond acceptors (Lipinski definition) is 4. The summed E-state index contributed by atoms with van der Waals surface area (Å²) >= 11 is 8.09. The fraction of sp³-hybridized carbons (Fsp3) is 0.0400. The summed E-state index contributed by atoms with van der Waals surface area (Å²) in [6, 6.07) is 23.2. The predicted molar refractivity (Wildman–Crippen MR) is 125 cm³/mol. The molecule has 0 aliphatic carbocycles. The number of halogens is 1. The molecule has 1 aromatic heterocycles. The Kier molecular flexibility index (Phi) is 5.37. The summed E-state index contributed by atoms with van der Waals surface area (Å²) in [4.78, 5) is 19.4. The maximum Gasteiger partial charge on any atom is 0.251 e. The fourth-order valence-electron chi connectivity index (χ4n) is 3.46. The van der Waals surface area contributed by atoms with Gasteiger partial charge >= 0.3 is 0 Å². The number of amides is 1. The average Bonchev–Trinajstić information content (AvgIpc) is 3.24. The zero-order valence-corrected chi connectivity index (χ0v) is 17.9. The van der Waals surface area contributed by atoms with Gasteiger partial charge in [-0.15, -0.1) is 0 Å². The standard InChI is InChI=1S/C25H17ClN2O2S/c26-21-8-2-1-6-19(21)18-7-3-9-23-20(18)15-27-22-13-16(10-11-24(22)31-23)25(29)28-14-17-5-4-12-30-17/h1-13,15H,14H2,(H,28,29). The first-order chi connectivity index (χ1) is 15.2. The van der Waals surface area contributed by atoms with Crippen LogP contribution in [0.4, 0.5) is 5.69 Å². The molecule has 6 heteroatoms. The van der Waals surface area contributed by atoms with Gasteiger partial charge in [-0.2, -0.15) is 0 Å². The van der Waals surface area contributed by atoms with Crippen LogP contribution in [-0.4, -0.2) is 12.1 Å². The SMILES string of the molecule is O=C(NCc1ccco1)c1ccc2c(c1)N=Cc1c(cccc1-c1ccccc1Cl)S2. The van der Waals surface area contributed by atoms with Gasteiger partial charge in [0.05, 0.1) is 18.5 Å². The summed E-state index contributed by atoms with van der Waals surface area (Å²) in [6.07, 6.45) is 3.45. The normalized spacial score (nSPS) is 12.0. The molecule has 0 radical (unpaired) electrons. The molecular formula is C25H17ClN2O2S. The smallest absolute Gasteiger partial charge is 0.251 e. The summed E-state index contributed by atoms with van der Waals surface area (Å²) in [7, 11) is 0. The molecule has 1 aliphatic rings. The molecule has 0 saturated heterocycles. The highest BCUT2D eigenvalue weighted by Crippen LogP contribution is 2.42. The van der Waals surface area contributed by atoms with Crippen molar-refractivity contribution in [2.45, 2.75) is 16.3 Å². The van der Waals surface area contributed by atoms with E-state index in [1.54, 1.807) is 24.1 Å². The van der Waals surface area contributed by atoms with Crippen LogP contribution in [0.2, 0.25) is 5.02 Å². The highest BCUT2D eigenvalue weighted by molar-refractivity contribution is 7.99. The fourth-order valence-corrected chi connectivity index (χ4v) is 4.71. The van der Waals surface area contributed by atoms with Crippen LogP contribution in [0.5, 0.6) is 0 Å². The third kappa shape index (κ3) is 4.02. The van der Waals surface area contributed by atoms with E-state index in [0.717, 1.165) is 32.2 Å². The van der Waals surface area contributed by atoms with Gasteiger partial charge in [-0.3, -0.25) is 9.79 Å². The minimum absolute atomic E-state index is 0.169. The van der Waals surface area contributed by atoms with Gasteiger partial charge in [0.15, 0.2) is 0 Å². The average molecular weight is 445 g/mol. The Morgan fingerprint density at radius 2 is 1.84 bits per heavy atom. The lowest BCUT2D eigenvalue weighted by Crippen LogP contribution is -2.22. The van der Waals surface area contributed by atoms with Crippen LogP contribution in [0.15, 0.2) is 98.3 Å². The molecule has 0 fully saturated rings. The van der Waals surface area contributed by atoms with Gasteiger partial charge in [0, 0.05) is 37.7 Å². The Bertz CT molecular complexity index is 1300. The van der Waals surface area contributed by atoms with Crippen molar-refractivity contribution < 1.29 is 9.21 Å². The van der Waals surface area contributed by atoms with Crippen molar-refractivity contribution >= 4 is 41.2 Å². The molecule has 0 bridgehead atoms. The highest BCUT2D eigenvalue weighted by Gasteiger charge is 2.17. The Morgan fingerprint density at radius 3 is 2.68 bits per heavy atom. The summed E-state index contributed by atoms with van der Waals surface area (Å²) in [5.41, 5.74) is 4.33. The number of nitrogens with zero attached hydrogens (tertiary/aromatic N) is 1. The number of aliphatic imine (C=N–C) groups is 1. The zero-order chi connectivity index (χ0) is 21.2.